The van der Waals surface area contributed by atoms with E-state index in [4.69, 9.17) is 10.00 Å². The first kappa shape index (κ1) is 13.9. The minimum absolute atomic E-state index is 0.0618. The zero-order valence-corrected chi connectivity index (χ0v) is 11.4. The maximum Gasteiger partial charge on any atom is 0.269 e. The van der Waals surface area contributed by atoms with E-state index in [1.165, 1.54) is 31.0 Å². The first-order valence-electron chi connectivity index (χ1n) is 5.64. The van der Waals surface area contributed by atoms with Gasteiger partial charge < -0.3 is 4.74 Å². The van der Waals surface area contributed by atoms with Crippen LogP contribution in [0.3, 0.4) is 0 Å². The van der Waals surface area contributed by atoms with E-state index in [9.17, 15) is 10.1 Å². The van der Waals surface area contributed by atoms with Gasteiger partial charge in [0.05, 0.1) is 17.6 Å². The van der Waals surface area contributed by atoms with Gasteiger partial charge in [-0.2, -0.15) is 5.26 Å². The van der Waals surface area contributed by atoms with Crippen molar-refractivity contribution < 1.29 is 9.66 Å². The number of methoxy groups -OCH3 is 1. The highest BCUT2D eigenvalue weighted by Crippen LogP contribution is 2.32. The van der Waals surface area contributed by atoms with Crippen LogP contribution in [0.5, 0.6) is 5.75 Å². The molecule has 0 aliphatic heterocycles. The molecule has 6 heteroatoms. The second-order valence-corrected chi connectivity index (χ2v) is 4.97. The van der Waals surface area contributed by atoms with Gasteiger partial charge in [-0.3, -0.25) is 10.1 Å². The lowest BCUT2D eigenvalue weighted by Gasteiger charge is -2.06. The average Bonchev–Trinajstić information content (AvgIpc) is 2.47. The molecule has 0 aliphatic rings. The second-order valence-electron chi connectivity index (χ2n) is 3.83. The van der Waals surface area contributed by atoms with E-state index in [-0.39, 0.29) is 5.69 Å². The monoisotopic (exact) mass is 286 g/mol. The predicted octanol–water partition coefficient (Wildman–Crippen LogP) is 3.63. The molecule has 0 unspecified atom stereocenters. The minimum atomic E-state index is -0.431. The highest BCUT2D eigenvalue weighted by Gasteiger charge is 2.07. The maximum absolute atomic E-state index is 10.6. The van der Waals surface area contributed by atoms with Crippen LogP contribution < -0.4 is 4.74 Å². The van der Waals surface area contributed by atoms with Gasteiger partial charge >= 0.3 is 0 Å². The number of non-ortho nitro benzene ring substituents is 1. The third-order valence-corrected chi connectivity index (χ3v) is 3.57. The van der Waals surface area contributed by atoms with Gasteiger partial charge in [-0.15, -0.1) is 0 Å². The third-order valence-electron chi connectivity index (χ3n) is 2.58. The lowest BCUT2D eigenvalue weighted by atomic mass is 10.2. The Labute approximate surface area is 120 Å². The first-order valence-corrected chi connectivity index (χ1v) is 6.46. The van der Waals surface area contributed by atoms with Crippen molar-refractivity contribution in [2.45, 2.75) is 9.79 Å². The third kappa shape index (κ3) is 3.08. The van der Waals surface area contributed by atoms with E-state index >= 15 is 0 Å². The zero-order valence-electron chi connectivity index (χ0n) is 10.6. The maximum atomic E-state index is 10.6. The standard InChI is InChI=1S/C14H10N2O3S/c1-19-14-8-13(5-2-10(14)9-15)20-12-6-3-11(4-7-12)16(17)18/h2-8H,1H3. The number of hydrogen-bond acceptors (Lipinski definition) is 5. The Morgan fingerprint density at radius 3 is 2.40 bits per heavy atom. The Hall–Kier alpha value is -2.52. The Kier molecular flexibility index (Phi) is 4.23. The van der Waals surface area contributed by atoms with Crippen molar-refractivity contribution >= 4 is 17.4 Å². The summed E-state index contributed by atoms with van der Waals surface area (Å²) < 4.78 is 5.14. The summed E-state index contributed by atoms with van der Waals surface area (Å²) in [7, 11) is 1.51. The average molecular weight is 286 g/mol. The molecule has 5 nitrogen and oxygen atoms in total. The molecule has 100 valence electrons. The van der Waals surface area contributed by atoms with Gasteiger partial charge in [0.15, 0.2) is 0 Å². The Bertz CT molecular complexity index is 678. The molecule has 0 spiro atoms. The van der Waals surface area contributed by atoms with Crippen LogP contribution in [0.2, 0.25) is 0 Å². The summed E-state index contributed by atoms with van der Waals surface area (Å²) in [6, 6.07) is 13.6. The van der Waals surface area contributed by atoms with E-state index in [2.05, 4.69) is 0 Å². The van der Waals surface area contributed by atoms with Gasteiger partial charge in [0, 0.05) is 21.9 Å². The number of rotatable bonds is 4. The molecule has 0 amide bonds. The predicted molar refractivity (Wildman–Crippen MR) is 74.9 cm³/mol. The molecule has 0 bridgehead atoms. The van der Waals surface area contributed by atoms with Gasteiger partial charge in [-0.05, 0) is 30.3 Å². The molecule has 2 rings (SSSR count). The highest BCUT2D eigenvalue weighted by molar-refractivity contribution is 7.99. The number of nitrogens with zero attached hydrogens (tertiary/aromatic N) is 2. The van der Waals surface area contributed by atoms with Crippen LogP contribution in [0.25, 0.3) is 0 Å². The summed E-state index contributed by atoms with van der Waals surface area (Å²) in [6.45, 7) is 0. The normalized spacial score (nSPS) is 9.80. The van der Waals surface area contributed by atoms with Crippen LogP contribution in [-0.4, -0.2) is 12.0 Å². The fraction of sp³-hybridized carbons (Fsp3) is 0.0714. The van der Waals surface area contributed by atoms with E-state index in [1.807, 2.05) is 12.1 Å². The number of nitro groups is 1. The Morgan fingerprint density at radius 2 is 1.85 bits per heavy atom. The van der Waals surface area contributed by atoms with Crippen molar-refractivity contribution in [3.8, 4) is 11.8 Å². The largest absolute Gasteiger partial charge is 0.495 e. The SMILES string of the molecule is COc1cc(Sc2ccc([N+](=O)[O-])cc2)ccc1C#N. The lowest BCUT2D eigenvalue weighted by molar-refractivity contribution is -0.384. The molecule has 0 fully saturated rings. The van der Waals surface area contributed by atoms with Gasteiger partial charge in [-0.1, -0.05) is 11.8 Å². The summed E-state index contributed by atoms with van der Waals surface area (Å²) in [5, 5.41) is 19.5. The number of hydrogen-bond donors (Lipinski definition) is 0. The molecular weight excluding hydrogens is 276 g/mol. The molecule has 2 aromatic carbocycles. The topological polar surface area (TPSA) is 76.2 Å². The minimum Gasteiger partial charge on any atom is -0.495 e. The van der Waals surface area contributed by atoms with Gasteiger partial charge in [0.25, 0.3) is 5.69 Å². The molecule has 0 saturated heterocycles. The summed E-state index contributed by atoms with van der Waals surface area (Å²) in [5.74, 6) is 0.513. The summed E-state index contributed by atoms with van der Waals surface area (Å²) in [4.78, 5) is 11.9. The molecule has 0 saturated carbocycles. The quantitative estimate of drug-likeness (QED) is 0.633. The van der Waals surface area contributed by atoms with Crippen molar-refractivity contribution in [3.63, 3.8) is 0 Å². The number of benzene rings is 2. The lowest BCUT2D eigenvalue weighted by Crippen LogP contribution is -1.88. The van der Waals surface area contributed by atoms with Crippen molar-refractivity contribution in [1.29, 1.82) is 5.26 Å². The Balaban J connectivity index is 2.22. The molecule has 0 aliphatic carbocycles. The van der Waals surface area contributed by atoms with E-state index in [1.54, 1.807) is 24.3 Å². The fourth-order valence-electron chi connectivity index (χ4n) is 1.60. The Morgan fingerprint density at radius 1 is 1.20 bits per heavy atom. The van der Waals surface area contributed by atoms with Crippen molar-refractivity contribution in [3.05, 3.63) is 58.1 Å². The summed E-state index contributed by atoms with van der Waals surface area (Å²) >= 11 is 1.44. The van der Waals surface area contributed by atoms with E-state index < -0.39 is 4.92 Å². The molecule has 0 heterocycles. The van der Waals surface area contributed by atoms with E-state index in [0.29, 0.717) is 11.3 Å². The highest BCUT2D eigenvalue weighted by atomic mass is 32.2. The van der Waals surface area contributed by atoms with Gasteiger partial charge in [-0.25, -0.2) is 0 Å². The number of nitro benzene ring substituents is 1. The van der Waals surface area contributed by atoms with Crippen LogP contribution in [0.15, 0.2) is 52.3 Å². The molecule has 2 aromatic rings. The van der Waals surface area contributed by atoms with Crippen molar-refractivity contribution in [2.75, 3.05) is 7.11 Å². The van der Waals surface area contributed by atoms with Crippen molar-refractivity contribution in [1.82, 2.24) is 0 Å². The fourth-order valence-corrected chi connectivity index (χ4v) is 2.45. The smallest absolute Gasteiger partial charge is 0.269 e. The van der Waals surface area contributed by atoms with Crippen molar-refractivity contribution in [2.24, 2.45) is 0 Å². The molecular formula is C14H10N2O3S. The molecule has 0 radical (unpaired) electrons. The van der Waals surface area contributed by atoms with Crippen LogP contribution >= 0.6 is 11.8 Å². The summed E-state index contributed by atoms with van der Waals surface area (Å²) in [6.07, 6.45) is 0. The molecule has 20 heavy (non-hydrogen) atoms. The van der Waals surface area contributed by atoms with Crippen LogP contribution in [0, 0.1) is 21.4 Å². The summed E-state index contributed by atoms with van der Waals surface area (Å²) in [5.41, 5.74) is 0.535. The van der Waals surface area contributed by atoms with Crippen LogP contribution in [0.4, 0.5) is 5.69 Å². The number of ether oxygens (including phenoxy) is 1. The van der Waals surface area contributed by atoms with Crippen LogP contribution in [0.1, 0.15) is 5.56 Å². The molecule has 0 N–H and O–H groups in total. The van der Waals surface area contributed by atoms with Crippen LogP contribution in [-0.2, 0) is 0 Å². The molecule has 0 aromatic heterocycles. The second kappa shape index (κ2) is 6.08. The van der Waals surface area contributed by atoms with E-state index in [0.717, 1.165) is 9.79 Å². The van der Waals surface area contributed by atoms with Gasteiger partial charge in [0.2, 0.25) is 0 Å². The number of nitriles is 1. The first-order chi connectivity index (χ1) is 9.63. The van der Waals surface area contributed by atoms with Gasteiger partial charge in [0.1, 0.15) is 11.8 Å². The molecule has 0 atom stereocenters. The zero-order chi connectivity index (χ0) is 14.5.